The fraction of sp³-hybridized carbons (Fsp3) is 0.273. The maximum absolute atomic E-state index is 13.6. The molecule has 1 aromatic heterocycles. The van der Waals surface area contributed by atoms with E-state index in [9.17, 15) is 8.78 Å². The minimum absolute atomic E-state index is 0.0981. The van der Waals surface area contributed by atoms with E-state index in [2.05, 4.69) is 15.9 Å². The van der Waals surface area contributed by atoms with Crippen LogP contribution < -0.4 is 5.73 Å². The van der Waals surface area contributed by atoms with Crippen LogP contribution in [0.1, 0.15) is 11.3 Å². The minimum atomic E-state index is -1.01. The number of nitrogens with two attached hydrogens (primary N) is 1. The number of fused-ring (bicyclic) bond motifs is 1. The van der Waals surface area contributed by atoms with Crippen LogP contribution in [0.4, 0.5) is 8.78 Å². The van der Waals surface area contributed by atoms with Gasteiger partial charge in [0.05, 0.1) is 13.2 Å². The predicted molar refractivity (Wildman–Crippen MR) is 62.4 cm³/mol. The largest absolute Gasteiger partial charge is 0.456 e. The van der Waals surface area contributed by atoms with Gasteiger partial charge in [0.15, 0.2) is 11.4 Å². The molecule has 0 spiro atoms. The Kier molecular flexibility index (Phi) is 3.46. The van der Waals surface area contributed by atoms with E-state index in [0.717, 1.165) is 6.07 Å². The van der Waals surface area contributed by atoms with Crippen LogP contribution >= 0.6 is 15.9 Å². The van der Waals surface area contributed by atoms with Gasteiger partial charge in [-0.05, 0) is 22.0 Å². The quantitative estimate of drug-likeness (QED) is 0.887. The third-order valence-corrected chi connectivity index (χ3v) is 3.09. The van der Waals surface area contributed by atoms with Gasteiger partial charge in [0.25, 0.3) is 0 Å². The Hall–Kier alpha value is -0.980. The standard InChI is InChI=1S/C11H10BrF2NO2/c1-16-4-5-8(3-15)17-11-9(5)6(12)2-7(13)10(11)14/h2H,3-4,15H2,1H3. The normalized spacial score (nSPS) is 11.4. The summed E-state index contributed by atoms with van der Waals surface area (Å²) in [6.07, 6.45) is 0. The molecular formula is C11H10BrF2NO2. The summed E-state index contributed by atoms with van der Waals surface area (Å²) in [5.74, 6) is -1.59. The lowest BCUT2D eigenvalue weighted by Gasteiger charge is -2.01. The molecule has 6 heteroatoms. The summed E-state index contributed by atoms with van der Waals surface area (Å²) in [7, 11) is 1.51. The lowest BCUT2D eigenvalue weighted by Crippen LogP contribution is -1.99. The van der Waals surface area contributed by atoms with Gasteiger partial charge in [-0.3, -0.25) is 0 Å². The fourth-order valence-electron chi connectivity index (χ4n) is 1.74. The van der Waals surface area contributed by atoms with Crippen molar-refractivity contribution < 1.29 is 17.9 Å². The number of methoxy groups -OCH3 is 1. The van der Waals surface area contributed by atoms with Gasteiger partial charge >= 0.3 is 0 Å². The van der Waals surface area contributed by atoms with Gasteiger partial charge in [0.2, 0.25) is 5.82 Å². The summed E-state index contributed by atoms with van der Waals surface area (Å²) in [5.41, 5.74) is 6.00. The van der Waals surface area contributed by atoms with E-state index in [4.69, 9.17) is 14.9 Å². The summed E-state index contributed by atoms with van der Waals surface area (Å²) in [5, 5.41) is 0.464. The second-order valence-electron chi connectivity index (χ2n) is 3.50. The van der Waals surface area contributed by atoms with Crippen molar-refractivity contribution in [3.8, 4) is 0 Å². The van der Waals surface area contributed by atoms with E-state index in [1.165, 1.54) is 7.11 Å². The highest BCUT2D eigenvalue weighted by Crippen LogP contribution is 2.35. The highest BCUT2D eigenvalue weighted by Gasteiger charge is 2.21. The molecule has 0 amide bonds. The molecule has 0 saturated heterocycles. The zero-order valence-electron chi connectivity index (χ0n) is 9.02. The molecule has 0 bridgehead atoms. The van der Waals surface area contributed by atoms with Crippen molar-refractivity contribution in [2.24, 2.45) is 5.73 Å². The van der Waals surface area contributed by atoms with Crippen molar-refractivity contribution in [1.29, 1.82) is 0 Å². The van der Waals surface area contributed by atoms with Crippen molar-refractivity contribution >= 4 is 26.9 Å². The number of ether oxygens (including phenoxy) is 1. The molecule has 17 heavy (non-hydrogen) atoms. The van der Waals surface area contributed by atoms with Crippen molar-refractivity contribution in [3.05, 3.63) is 33.5 Å². The summed E-state index contributed by atoms with van der Waals surface area (Å²) in [6, 6.07) is 1.06. The van der Waals surface area contributed by atoms with Crippen LogP contribution in [0.15, 0.2) is 15.0 Å². The van der Waals surface area contributed by atoms with Crippen LogP contribution in [0, 0.1) is 11.6 Å². The Labute approximate surface area is 105 Å². The first kappa shape index (κ1) is 12.5. The van der Waals surface area contributed by atoms with Crippen LogP contribution in [0.2, 0.25) is 0 Å². The maximum atomic E-state index is 13.6. The van der Waals surface area contributed by atoms with Crippen molar-refractivity contribution in [1.82, 2.24) is 0 Å². The summed E-state index contributed by atoms with van der Waals surface area (Å²) in [4.78, 5) is 0. The third-order valence-electron chi connectivity index (χ3n) is 2.47. The molecule has 1 heterocycles. The zero-order chi connectivity index (χ0) is 12.6. The molecule has 0 aliphatic carbocycles. The van der Waals surface area contributed by atoms with E-state index in [-0.39, 0.29) is 18.7 Å². The average molecular weight is 306 g/mol. The Morgan fingerprint density at radius 1 is 1.47 bits per heavy atom. The number of hydrogen-bond acceptors (Lipinski definition) is 3. The predicted octanol–water partition coefficient (Wildman–Crippen LogP) is 3.08. The topological polar surface area (TPSA) is 48.4 Å². The van der Waals surface area contributed by atoms with Gasteiger partial charge in [-0.1, -0.05) is 0 Å². The summed E-state index contributed by atoms with van der Waals surface area (Å²) < 4.78 is 37.5. The Bertz CT molecular complexity index is 568. The molecule has 3 nitrogen and oxygen atoms in total. The summed E-state index contributed by atoms with van der Waals surface area (Å²) >= 11 is 3.18. The van der Waals surface area contributed by atoms with Crippen LogP contribution in [0.5, 0.6) is 0 Å². The average Bonchev–Trinajstić information content (AvgIpc) is 2.66. The number of rotatable bonds is 3. The second kappa shape index (κ2) is 4.72. The molecule has 0 aliphatic heterocycles. The van der Waals surface area contributed by atoms with Crippen LogP contribution in [0.3, 0.4) is 0 Å². The Morgan fingerprint density at radius 3 is 2.76 bits per heavy atom. The first-order valence-corrected chi connectivity index (χ1v) is 5.66. The third kappa shape index (κ3) is 1.96. The van der Waals surface area contributed by atoms with E-state index < -0.39 is 11.6 Å². The molecule has 2 N–H and O–H groups in total. The molecule has 92 valence electrons. The first-order valence-electron chi connectivity index (χ1n) is 4.86. The van der Waals surface area contributed by atoms with Gasteiger partial charge in [-0.15, -0.1) is 0 Å². The van der Waals surface area contributed by atoms with Gasteiger partial charge in [-0.25, -0.2) is 4.39 Å². The number of halogens is 3. The molecule has 0 aliphatic rings. The highest BCUT2D eigenvalue weighted by atomic mass is 79.9. The second-order valence-corrected chi connectivity index (χ2v) is 4.35. The van der Waals surface area contributed by atoms with Crippen molar-refractivity contribution in [2.75, 3.05) is 7.11 Å². The highest BCUT2D eigenvalue weighted by molar-refractivity contribution is 9.10. The molecule has 2 rings (SSSR count). The molecule has 1 aromatic carbocycles. The summed E-state index contributed by atoms with van der Waals surface area (Å²) in [6.45, 7) is 0.323. The van der Waals surface area contributed by atoms with Gasteiger partial charge in [0.1, 0.15) is 5.76 Å². The fourth-order valence-corrected chi connectivity index (χ4v) is 2.36. The van der Waals surface area contributed by atoms with E-state index in [1.807, 2.05) is 0 Å². The monoisotopic (exact) mass is 305 g/mol. The number of benzene rings is 1. The first-order chi connectivity index (χ1) is 8.10. The van der Waals surface area contributed by atoms with Gasteiger partial charge in [-0.2, -0.15) is 4.39 Å². The van der Waals surface area contributed by atoms with Gasteiger partial charge < -0.3 is 14.9 Å². The number of hydrogen-bond donors (Lipinski definition) is 1. The smallest absolute Gasteiger partial charge is 0.201 e. The zero-order valence-corrected chi connectivity index (χ0v) is 10.6. The van der Waals surface area contributed by atoms with Gasteiger partial charge in [0, 0.05) is 22.5 Å². The molecule has 0 saturated carbocycles. The molecule has 0 fully saturated rings. The lowest BCUT2D eigenvalue weighted by molar-refractivity contribution is 0.184. The molecule has 2 aromatic rings. The van der Waals surface area contributed by atoms with E-state index in [0.29, 0.717) is 21.2 Å². The molecule has 0 atom stereocenters. The van der Waals surface area contributed by atoms with Crippen LogP contribution in [0.25, 0.3) is 11.0 Å². The Balaban J connectivity index is 2.82. The Morgan fingerprint density at radius 2 is 2.18 bits per heavy atom. The minimum Gasteiger partial charge on any atom is -0.456 e. The lowest BCUT2D eigenvalue weighted by atomic mass is 10.1. The number of furan rings is 1. The van der Waals surface area contributed by atoms with Crippen LogP contribution in [-0.2, 0) is 17.9 Å². The SMILES string of the molecule is COCc1c(CN)oc2c(F)c(F)cc(Br)c12. The van der Waals surface area contributed by atoms with Crippen molar-refractivity contribution in [3.63, 3.8) is 0 Å². The molecule has 0 unspecified atom stereocenters. The van der Waals surface area contributed by atoms with Crippen LogP contribution in [-0.4, -0.2) is 7.11 Å². The molecular weight excluding hydrogens is 296 g/mol. The maximum Gasteiger partial charge on any atom is 0.201 e. The van der Waals surface area contributed by atoms with E-state index in [1.54, 1.807) is 0 Å². The van der Waals surface area contributed by atoms with E-state index >= 15 is 0 Å². The van der Waals surface area contributed by atoms with Crippen molar-refractivity contribution in [2.45, 2.75) is 13.2 Å². The molecule has 0 radical (unpaired) electrons.